The summed E-state index contributed by atoms with van der Waals surface area (Å²) >= 11 is 19.6. The van der Waals surface area contributed by atoms with Crippen molar-refractivity contribution in [2.24, 2.45) is 5.92 Å². The number of halogens is 3. The van der Waals surface area contributed by atoms with Gasteiger partial charge in [-0.15, -0.1) is 0 Å². The number of hydrogen-bond acceptors (Lipinski definition) is 7. The fourth-order valence-electron chi connectivity index (χ4n) is 7.15. The van der Waals surface area contributed by atoms with E-state index in [2.05, 4.69) is 16.3 Å². The molecule has 6 rings (SSSR count). The van der Waals surface area contributed by atoms with Crippen LogP contribution in [0.2, 0.25) is 15.1 Å². The Morgan fingerprint density at radius 3 is 2.32 bits per heavy atom. The van der Waals surface area contributed by atoms with Crippen LogP contribution in [0.4, 0.5) is 10.6 Å². The minimum absolute atomic E-state index is 0.0221. The van der Waals surface area contributed by atoms with Gasteiger partial charge in [-0.2, -0.15) is 0 Å². The maximum atomic E-state index is 14.7. The molecule has 0 bridgehead atoms. The molecule has 3 atom stereocenters. The lowest BCUT2D eigenvalue weighted by molar-refractivity contribution is -0.139. The van der Waals surface area contributed by atoms with E-state index in [1.807, 2.05) is 75.2 Å². The lowest BCUT2D eigenvalue weighted by atomic mass is 9.80. The summed E-state index contributed by atoms with van der Waals surface area (Å²) in [5.41, 5.74) is 2.98. The topological polar surface area (TPSA) is 104 Å². The third kappa shape index (κ3) is 9.88. The van der Waals surface area contributed by atoms with Crippen LogP contribution < -0.4 is 15.0 Å². The van der Waals surface area contributed by atoms with Crippen LogP contribution in [-0.4, -0.2) is 76.6 Å². The molecule has 2 saturated heterocycles. The summed E-state index contributed by atoms with van der Waals surface area (Å²) in [6.07, 6.45) is 4.53. The van der Waals surface area contributed by atoms with Crippen molar-refractivity contribution in [1.82, 2.24) is 20.1 Å². The fraction of sp³-hybridized carbons (Fsp3) is 0.500. The van der Waals surface area contributed by atoms with E-state index in [4.69, 9.17) is 49.3 Å². The van der Waals surface area contributed by atoms with E-state index in [0.717, 1.165) is 53.9 Å². The molecule has 284 valence electrons. The highest BCUT2D eigenvalue weighted by Crippen LogP contribution is 2.40. The largest absolute Gasteiger partial charge is 0.485 e. The van der Waals surface area contributed by atoms with Crippen molar-refractivity contribution in [3.05, 3.63) is 86.0 Å². The molecule has 2 unspecified atom stereocenters. The summed E-state index contributed by atoms with van der Waals surface area (Å²) in [6.45, 7) is 11.7. The molecule has 53 heavy (non-hydrogen) atoms. The Kier molecular flexibility index (Phi) is 12.0. The molecule has 3 amide bonds. The number of aryl methyl sites for hydroxylation is 1. The van der Waals surface area contributed by atoms with Crippen LogP contribution in [0.5, 0.6) is 5.75 Å². The molecule has 3 aliphatic rings. The Morgan fingerprint density at radius 2 is 1.68 bits per heavy atom. The molecule has 2 aliphatic heterocycles. The maximum Gasteiger partial charge on any atom is 0.410 e. The Bertz CT molecular complexity index is 1810. The van der Waals surface area contributed by atoms with Gasteiger partial charge in [-0.1, -0.05) is 53.0 Å². The van der Waals surface area contributed by atoms with Crippen LogP contribution in [0.15, 0.2) is 48.7 Å². The second kappa shape index (κ2) is 16.3. The predicted octanol–water partition coefficient (Wildman–Crippen LogP) is 8.18. The van der Waals surface area contributed by atoms with E-state index in [-0.39, 0.29) is 36.4 Å². The lowest BCUT2D eigenvalue weighted by Crippen LogP contribution is -2.51. The molecule has 1 N–H and O–H groups in total. The summed E-state index contributed by atoms with van der Waals surface area (Å²) in [6, 6.07) is 13.5. The summed E-state index contributed by atoms with van der Waals surface area (Å²) in [5, 5.41) is 4.38. The van der Waals surface area contributed by atoms with Crippen LogP contribution in [0.25, 0.3) is 0 Å². The number of carbonyl (C=O) groups is 3. The van der Waals surface area contributed by atoms with Gasteiger partial charge in [0, 0.05) is 69.2 Å². The zero-order valence-electron chi connectivity index (χ0n) is 31.0. The molecule has 2 aromatic carbocycles. The van der Waals surface area contributed by atoms with Crippen molar-refractivity contribution < 1.29 is 23.9 Å². The van der Waals surface area contributed by atoms with Crippen LogP contribution in [-0.2, 0) is 27.4 Å². The summed E-state index contributed by atoms with van der Waals surface area (Å²) in [7, 11) is 0. The smallest absolute Gasteiger partial charge is 0.410 e. The number of carbonyl (C=O) groups excluding carboxylic acids is 3. The van der Waals surface area contributed by atoms with Gasteiger partial charge in [-0.25, -0.2) is 9.78 Å². The summed E-state index contributed by atoms with van der Waals surface area (Å²) in [5.74, 6) is 0.506. The maximum absolute atomic E-state index is 14.7. The predicted molar refractivity (Wildman–Crippen MR) is 208 cm³/mol. The SMILES string of the molecule is CC(=O)NCc1ccc(Cl)c(CN(C(=O)C2CN(C(=O)OC(C)(C)C)CCC2c2ccc(N3CC[C@@H](Oc4c(Cl)cc(C)cc4Cl)C3)nc2)C2CC2)c1. The molecule has 1 aliphatic carbocycles. The number of benzene rings is 2. The molecule has 10 nitrogen and oxygen atoms in total. The van der Waals surface area contributed by atoms with Crippen LogP contribution in [0.1, 0.15) is 81.5 Å². The highest BCUT2D eigenvalue weighted by atomic mass is 35.5. The van der Waals surface area contributed by atoms with E-state index >= 15 is 0 Å². The van der Waals surface area contributed by atoms with Crippen LogP contribution in [0.3, 0.4) is 0 Å². The molecule has 3 fully saturated rings. The molecule has 13 heteroatoms. The summed E-state index contributed by atoms with van der Waals surface area (Å²) < 4.78 is 12.0. The molecule has 3 heterocycles. The molecular weight excluding hydrogens is 737 g/mol. The zero-order valence-corrected chi connectivity index (χ0v) is 33.2. The minimum Gasteiger partial charge on any atom is -0.485 e. The Balaban J connectivity index is 1.21. The quantitative estimate of drug-likeness (QED) is 0.221. The number of nitrogens with zero attached hydrogens (tertiary/aromatic N) is 4. The van der Waals surface area contributed by atoms with E-state index in [1.165, 1.54) is 6.92 Å². The van der Waals surface area contributed by atoms with Gasteiger partial charge < -0.3 is 29.5 Å². The second-order valence-electron chi connectivity index (χ2n) is 15.4. The normalized spacial score (nSPS) is 20.3. The monoisotopic (exact) mass is 783 g/mol. The standard InChI is InChI=1S/C40H48Cl3N5O5/c1-24-16-34(42)37(35(43)17-24)52-30-12-14-46(22-30)36-11-7-27(20-45-36)31-13-15-47(39(51)53-40(3,4)5)23-32(31)38(50)48(29-8-9-29)21-28-18-26(6-10-33(28)41)19-44-25(2)49/h6-7,10-11,16-18,20,29-32H,8-9,12-15,19,21-23H2,1-5H3,(H,44,49)/t30-,31?,32?/m1/s1. The van der Waals surface area contributed by atoms with Gasteiger partial charge in [-0.3, -0.25) is 9.59 Å². The number of likely N-dealkylation sites (tertiary alicyclic amines) is 1. The zero-order chi connectivity index (χ0) is 38.0. The van der Waals surface area contributed by atoms with Gasteiger partial charge in [0.05, 0.1) is 22.5 Å². The van der Waals surface area contributed by atoms with Gasteiger partial charge in [0.1, 0.15) is 17.5 Å². The molecule has 1 saturated carbocycles. The molecular formula is C40H48Cl3N5O5. The van der Waals surface area contributed by atoms with E-state index in [9.17, 15) is 14.4 Å². The first-order valence-electron chi connectivity index (χ1n) is 18.3. The van der Waals surface area contributed by atoms with Gasteiger partial charge >= 0.3 is 6.09 Å². The summed E-state index contributed by atoms with van der Waals surface area (Å²) in [4.78, 5) is 50.2. The van der Waals surface area contributed by atoms with Crippen molar-refractivity contribution >= 4 is 58.5 Å². The average Bonchev–Trinajstić information content (AvgIpc) is 3.84. The van der Waals surface area contributed by atoms with Gasteiger partial charge in [0.2, 0.25) is 11.8 Å². The highest BCUT2D eigenvalue weighted by Gasteiger charge is 2.43. The first kappa shape index (κ1) is 39.0. The number of nitrogens with one attached hydrogen (secondary N) is 1. The number of hydrogen-bond donors (Lipinski definition) is 1. The first-order valence-corrected chi connectivity index (χ1v) is 19.4. The Morgan fingerprint density at radius 1 is 0.943 bits per heavy atom. The molecule has 3 aromatic rings. The Labute approximate surface area is 327 Å². The van der Waals surface area contributed by atoms with Gasteiger partial charge in [0.25, 0.3) is 0 Å². The van der Waals surface area contributed by atoms with E-state index in [1.54, 1.807) is 4.90 Å². The van der Waals surface area contributed by atoms with Crippen molar-refractivity contribution in [1.29, 1.82) is 0 Å². The molecule has 0 radical (unpaired) electrons. The molecule has 1 aromatic heterocycles. The van der Waals surface area contributed by atoms with Crippen LogP contribution >= 0.6 is 34.8 Å². The van der Waals surface area contributed by atoms with Crippen molar-refractivity contribution in [2.75, 3.05) is 31.1 Å². The third-order valence-corrected chi connectivity index (χ3v) is 10.9. The number of rotatable bonds is 10. The third-order valence-electron chi connectivity index (χ3n) is 9.94. The number of anilines is 1. The van der Waals surface area contributed by atoms with Crippen LogP contribution in [0, 0.1) is 12.8 Å². The number of ether oxygens (including phenoxy) is 2. The van der Waals surface area contributed by atoms with Gasteiger partial charge in [0.15, 0.2) is 5.75 Å². The number of amides is 3. The second-order valence-corrected chi connectivity index (χ2v) is 16.7. The van der Waals surface area contributed by atoms with Crippen molar-refractivity contribution in [2.45, 2.75) is 97.1 Å². The number of pyridine rings is 1. The van der Waals surface area contributed by atoms with Gasteiger partial charge in [-0.05, 0) is 93.5 Å². The molecule has 0 spiro atoms. The average molecular weight is 785 g/mol. The van der Waals surface area contributed by atoms with E-state index in [0.29, 0.717) is 53.4 Å². The highest BCUT2D eigenvalue weighted by molar-refractivity contribution is 6.37. The fourth-order valence-corrected chi connectivity index (χ4v) is 8.01. The van der Waals surface area contributed by atoms with Crippen molar-refractivity contribution in [3.63, 3.8) is 0 Å². The van der Waals surface area contributed by atoms with E-state index < -0.39 is 17.6 Å². The minimum atomic E-state index is -0.662. The lowest BCUT2D eigenvalue weighted by Gasteiger charge is -2.40. The first-order chi connectivity index (χ1) is 25.1. The Hall–Kier alpha value is -3.73. The number of aromatic nitrogens is 1. The number of piperidine rings is 1. The van der Waals surface area contributed by atoms with Crippen molar-refractivity contribution in [3.8, 4) is 5.75 Å².